The number of rotatable bonds is 7. The van der Waals surface area contributed by atoms with Crippen molar-refractivity contribution in [1.29, 1.82) is 0 Å². The minimum absolute atomic E-state index is 0.0757. The summed E-state index contributed by atoms with van der Waals surface area (Å²) in [5, 5.41) is 10.5. The standard InChI is InChI=1S/C24H17F10NO2S/c1-21(36,23(29,30)31)35(37-16-8-5-9-17(13-16)38-24(32,33)34)20(14-6-3-2-4-7-14)18-11-10-15(12-19(18)25)22(26,27)28/h2-13,20,36H,1H3. The molecule has 3 aromatic rings. The minimum Gasteiger partial charge on any atom is -0.402 e. The normalized spacial score (nSPS) is 15.3. The van der Waals surface area contributed by atoms with Crippen molar-refractivity contribution in [2.45, 2.75) is 41.4 Å². The number of thioether (sulfide) groups is 1. The summed E-state index contributed by atoms with van der Waals surface area (Å²) in [5.41, 5.74) is -11.0. The first-order chi connectivity index (χ1) is 17.4. The van der Waals surface area contributed by atoms with E-state index in [1.54, 1.807) is 0 Å². The van der Waals surface area contributed by atoms with E-state index in [1.807, 2.05) is 0 Å². The van der Waals surface area contributed by atoms with Crippen molar-refractivity contribution in [2.24, 2.45) is 0 Å². The van der Waals surface area contributed by atoms with Gasteiger partial charge in [0.15, 0.2) is 0 Å². The van der Waals surface area contributed by atoms with Crippen LogP contribution in [0.1, 0.15) is 29.7 Å². The smallest absolute Gasteiger partial charge is 0.402 e. The monoisotopic (exact) mass is 573 g/mol. The van der Waals surface area contributed by atoms with E-state index in [1.165, 1.54) is 30.3 Å². The summed E-state index contributed by atoms with van der Waals surface area (Å²) < 4.78 is 135. The SMILES string of the molecule is CC(O)(N(Oc1cccc(SC(F)(F)F)c1)C(c1ccccc1)c1ccc(C(F)(F)F)cc1F)C(F)(F)F. The zero-order valence-corrected chi connectivity index (χ0v) is 19.8. The van der Waals surface area contributed by atoms with Crippen LogP contribution in [0, 0.1) is 5.82 Å². The lowest BCUT2D eigenvalue weighted by atomic mass is 9.95. The van der Waals surface area contributed by atoms with Crippen LogP contribution in [0.3, 0.4) is 0 Å². The Morgan fingerprint density at radius 2 is 1.45 bits per heavy atom. The molecule has 1 N–H and O–H groups in total. The Kier molecular flexibility index (Phi) is 8.29. The molecule has 0 saturated carbocycles. The molecule has 0 saturated heterocycles. The van der Waals surface area contributed by atoms with E-state index < -0.39 is 69.0 Å². The van der Waals surface area contributed by atoms with Crippen molar-refractivity contribution in [3.63, 3.8) is 0 Å². The van der Waals surface area contributed by atoms with Crippen LogP contribution < -0.4 is 4.84 Å². The Labute approximate surface area is 213 Å². The van der Waals surface area contributed by atoms with Crippen LogP contribution in [0.25, 0.3) is 0 Å². The molecular formula is C24H17F10NO2S. The molecule has 3 rings (SSSR count). The number of nitrogens with zero attached hydrogens (tertiary/aromatic N) is 1. The molecule has 0 fully saturated rings. The summed E-state index contributed by atoms with van der Waals surface area (Å²) in [6.45, 7) is 0.249. The number of hydrogen-bond acceptors (Lipinski definition) is 4. The van der Waals surface area contributed by atoms with Gasteiger partial charge in [-0.1, -0.05) is 47.5 Å². The number of benzene rings is 3. The van der Waals surface area contributed by atoms with Gasteiger partial charge in [0.2, 0.25) is 5.72 Å². The second kappa shape index (κ2) is 10.7. The maximum absolute atomic E-state index is 15.1. The average Bonchev–Trinajstić information content (AvgIpc) is 2.78. The van der Waals surface area contributed by atoms with Gasteiger partial charge < -0.3 is 9.94 Å². The van der Waals surface area contributed by atoms with E-state index in [4.69, 9.17) is 4.84 Å². The Morgan fingerprint density at radius 1 is 0.816 bits per heavy atom. The maximum Gasteiger partial charge on any atom is 0.446 e. The van der Waals surface area contributed by atoms with Gasteiger partial charge in [-0.3, -0.25) is 0 Å². The first kappa shape index (κ1) is 29.6. The van der Waals surface area contributed by atoms with Crippen LogP contribution in [0.15, 0.2) is 77.7 Å². The van der Waals surface area contributed by atoms with Gasteiger partial charge in [-0.15, -0.1) is 0 Å². The molecule has 3 nitrogen and oxygen atoms in total. The fraction of sp³-hybridized carbons (Fsp3) is 0.250. The molecule has 0 spiro atoms. The van der Waals surface area contributed by atoms with Crippen LogP contribution >= 0.6 is 11.8 Å². The number of hydrogen-bond donors (Lipinski definition) is 1. The van der Waals surface area contributed by atoms with E-state index in [0.717, 1.165) is 24.3 Å². The van der Waals surface area contributed by atoms with E-state index in [2.05, 4.69) is 0 Å². The summed E-state index contributed by atoms with van der Waals surface area (Å²) in [6.07, 6.45) is -10.5. The Balaban J connectivity index is 2.22. The molecule has 0 heterocycles. The largest absolute Gasteiger partial charge is 0.446 e. The first-order valence-electron chi connectivity index (χ1n) is 10.4. The summed E-state index contributed by atoms with van der Waals surface area (Å²) in [7, 11) is 0. The van der Waals surface area contributed by atoms with Gasteiger partial charge in [-0.25, -0.2) is 4.39 Å². The fourth-order valence-electron chi connectivity index (χ4n) is 3.36. The predicted octanol–water partition coefficient (Wildman–Crippen LogP) is 8.11. The van der Waals surface area contributed by atoms with E-state index >= 15 is 4.39 Å². The second-order valence-corrected chi connectivity index (χ2v) is 9.14. The zero-order chi connectivity index (χ0) is 28.5. The molecule has 14 heteroatoms. The van der Waals surface area contributed by atoms with Gasteiger partial charge in [0, 0.05) is 10.5 Å². The highest BCUT2D eigenvalue weighted by Crippen LogP contribution is 2.44. The predicted molar refractivity (Wildman–Crippen MR) is 117 cm³/mol. The number of alkyl halides is 9. The van der Waals surface area contributed by atoms with Gasteiger partial charge >= 0.3 is 17.9 Å². The zero-order valence-electron chi connectivity index (χ0n) is 19.0. The van der Waals surface area contributed by atoms with Crippen LogP contribution in [-0.2, 0) is 6.18 Å². The van der Waals surface area contributed by atoms with Gasteiger partial charge in [0.25, 0.3) is 0 Å². The van der Waals surface area contributed by atoms with Gasteiger partial charge in [0.1, 0.15) is 17.6 Å². The molecule has 0 amide bonds. The van der Waals surface area contributed by atoms with Crippen molar-refractivity contribution in [1.82, 2.24) is 5.06 Å². The van der Waals surface area contributed by atoms with Crippen LogP contribution in [0.4, 0.5) is 43.9 Å². The van der Waals surface area contributed by atoms with Crippen molar-refractivity contribution in [3.05, 3.63) is 95.3 Å². The molecule has 0 aliphatic heterocycles. The number of halogens is 10. The molecular weight excluding hydrogens is 556 g/mol. The molecule has 0 radical (unpaired) electrons. The van der Waals surface area contributed by atoms with Crippen LogP contribution in [0.5, 0.6) is 5.75 Å². The minimum atomic E-state index is -5.49. The molecule has 0 aliphatic rings. The second-order valence-electron chi connectivity index (χ2n) is 8.01. The van der Waals surface area contributed by atoms with Crippen LogP contribution in [-0.4, -0.2) is 27.6 Å². The molecule has 2 unspecified atom stereocenters. The van der Waals surface area contributed by atoms with Crippen molar-refractivity contribution in [3.8, 4) is 5.75 Å². The van der Waals surface area contributed by atoms with Gasteiger partial charge in [-0.2, -0.15) is 39.5 Å². The molecule has 0 aliphatic carbocycles. The van der Waals surface area contributed by atoms with E-state index in [9.17, 15) is 44.6 Å². The molecule has 0 aromatic heterocycles. The van der Waals surface area contributed by atoms with E-state index in [0.29, 0.717) is 12.1 Å². The lowest BCUT2D eigenvalue weighted by molar-refractivity contribution is -0.369. The van der Waals surface area contributed by atoms with Crippen molar-refractivity contribution < 1.29 is 53.8 Å². The fourth-order valence-corrected chi connectivity index (χ4v) is 3.95. The highest BCUT2D eigenvalue weighted by Gasteiger charge is 2.58. The molecule has 38 heavy (non-hydrogen) atoms. The Hall–Kier alpha value is -2.97. The molecule has 2 atom stereocenters. The third kappa shape index (κ3) is 6.91. The van der Waals surface area contributed by atoms with Gasteiger partial charge in [0.05, 0.1) is 5.56 Å². The summed E-state index contributed by atoms with van der Waals surface area (Å²) in [5.74, 6) is -2.17. The van der Waals surface area contributed by atoms with E-state index in [-0.39, 0.29) is 23.6 Å². The van der Waals surface area contributed by atoms with Gasteiger partial charge in [-0.05, 0) is 54.6 Å². The molecule has 0 bridgehead atoms. The lowest BCUT2D eigenvalue weighted by Gasteiger charge is -2.41. The number of aliphatic hydroxyl groups is 1. The summed E-state index contributed by atoms with van der Waals surface area (Å²) >= 11 is -0.587. The van der Waals surface area contributed by atoms with Crippen molar-refractivity contribution in [2.75, 3.05) is 0 Å². The number of hydroxylamine groups is 2. The third-order valence-electron chi connectivity index (χ3n) is 5.18. The Morgan fingerprint density at radius 3 is 1.97 bits per heavy atom. The molecule has 206 valence electrons. The quantitative estimate of drug-likeness (QED) is 0.134. The topological polar surface area (TPSA) is 32.7 Å². The van der Waals surface area contributed by atoms with Crippen molar-refractivity contribution >= 4 is 11.8 Å². The average molecular weight is 573 g/mol. The highest BCUT2D eigenvalue weighted by molar-refractivity contribution is 8.00. The first-order valence-corrected chi connectivity index (χ1v) is 11.3. The molecule has 3 aromatic carbocycles. The summed E-state index contributed by atoms with van der Waals surface area (Å²) in [4.78, 5) is 4.80. The van der Waals surface area contributed by atoms with Crippen LogP contribution in [0.2, 0.25) is 0 Å². The highest BCUT2D eigenvalue weighted by atomic mass is 32.2. The maximum atomic E-state index is 15.1. The lowest BCUT2D eigenvalue weighted by Crippen LogP contribution is -2.59. The third-order valence-corrected chi connectivity index (χ3v) is 5.90. The Bertz CT molecular complexity index is 1240. The summed E-state index contributed by atoms with van der Waals surface area (Å²) in [6, 6.07) is 9.41.